The van der Waals surface area contributed by atoms with Crippen molar-refractivity contribution < 1.29 is 4.79 Å². The molecule has 1 heterocycles. The van der Waals surface area contributed by atoms with Gasteiger partial charge in [-0.3, -0.25) is 4.79 Å². The molecule has 0 saturated carbocycles. The minimum absolute atomic E-state index is 0.00236. The molecular formula is C14H18Cl2N2O. The van der Waals surface area contributed by atoms with E-state index in [9.17, 15) is 4.79 Å². The molecule has 0 atom stereocenters. The van der Waals surface area contributed by atoms with Gasteiger partial charge in [0.2, 0.25) is 0 Å². The summed E-state index contributed by atoms with van der Waals surface area (Å²) < 4.78 is 0. The minimum atomic E-state index is 0.00236. The number of hydrogen-bond acceptors (Lipinski definition) is 2. The van der Waals surface area contributed by atoms with Crippen molar-refractivity contribution in [3.05, 3.63) is 33.8 Å². The summed E-state index contributed by atoms with van der Waals surface area (Å²) >= 11 is 11.9. The highest BCUT2D eigenvalue weighted by atomic mass is 35.5. The number of halogens is 2. The Kier molecular flexibility index (Phi) is 4.39. The van der Waals surface area contributed by atoms with Crippen LogP contribution in [0.15, 0.2) is 18.2 Å². The van der Waals surface area contributed by atoms with Gasteiger partial charge in [0.1, 0.15) is 0 Å². The Hall–Kier alpha value is -0.770. The molecule has 5 heteroatoms. The van der Waals surface area contributed by atoms with Crippen molar-refractivity contribution in [3.8, 4) is 0 Å². The fraction of sp³-hybridized carbons (Fsp3) is 0.500. The van der Waals surface area contributed by atoms with Crippen LogP contribution in [-0.2, 0) is 0 Å². The number of rotatable bonds is 2. The maximum absolute atomic E-state index is 12.4. The van der Waals surface area contributed by atoms with Gasteiger partial charge in [-0.2, -0.15) is 0 Å². The maximum Gasteiger partial charge on any atom is 0.253 e. The number of carbonyl (C=O) groups is 1. The Bertz CT molecular complexity index is 462. The number of nitrogens with zero attached hydrogens (tertiary/aromatic N) is 1. The molecular weight excluding hydrogens is 283 g/mol. The fourth-order valence-electron chi connectivity index (χ4n) is 2.31. The zero-order valence-corrected chi connectivity index (χ0v) is 12.7. The number of carbonyl (C=O) groups excluding carboxylic acids is 1. The van der Waals surface area contributed by atoms with Crippen LogP contribution in [0.25, 0.3) is 0 Å². The largest absolute Gasteiger partial charge is 0.339 e. The highest BCUT2D eigenvalue weighted by molar-refractivity contribution is 6.35. The smallest absolute Gasteiger partial charge is 0.253 e. The predicted molar refractivity (Wildman–Crippen MR) is 79.1 cm³/mol. The summed E-state index contributed by atoms with van der Waals surface area (Å²) in [4.78, 5) is 14.3. The highest BCUT2D eigenvalue weighted by Crippen LogP contribution is 2.24. The van der Waals surface area contributed by atoms with Gasteiger partial charge in [0.05, 0.1) is 0 Å². The summed E-state index contributed by atoms with van der Waals surface area (Å²) in [6.45, 7) is 3.69. The van der Waals surface area contributed by atoms with E-state index in [1.165, 1.54) is 0 Å². The normalized spacial score (nSPS) is 18.4. The summed E-state index contributed by atoms with van der Waals surface area (Å²) in [6, 6.07) is 4.97. The molecule has 1 amide bonds. The van der Waals surface area contributed by atoms with Gasteiger partial charge in [0.25, 0.3) is 5.91 Å². The average Bonchev–Trinajstić information content (AvgIpc) is 2.38. The Balaban J connectivity index is 2.09. The molecule has 0 aromatic heterocycles. The van der Waals surface area contributed by atoms with Crippen LogP contribution in [0.3, 0.4) is 0 Å². The van der Waals surface area contributed by atoms with Crippen molar-refractivity contribution in [1.29, 1.82) is 0 Å². The molecule has 0 aliphatic carbocycles. The lowest BCUT2D eigenvalue weighted by Crippen LogP contribution is -2.51. The fourth-order valence-corrected chi connectivity index (χ4v) is 2.84. The average molecular weight is 301 g/mol. The summed E-state index contributed by atoms with van der Waals surface area (Å²) in [5, 5.41) is 4.30. The summed E-state index contributed by atoms with van der Waals surface area (Å²) in [5.41, 5.74) is 0.688. The van der Waals surface area contributed by atoms with Crippen LogP contribution in [0.2, 0.25) is 10.0 Å². The minimum Gasteiger partial charge on any atom is -0.339 e. The molecule has 1 N–H and O–H groups in total. The second kappa shape index (κ2) is 5.70. The van der Waals surface area contributed by atoms with Crippen molar-refractivity contribution in [3.63, 3.8) is 0 Å². The maximum atomic E-state index is 12.4. The van der Waals surface area contributed by atoms with Gasteiger partial charge < -0.3 is 10.2 Å². The molecule has 2 rings (SSSR count). The zero-order valence-electron chi connectivity index (χ0n) is 11.2. The first-order chi connectivity index (χ1) is 8.93. The number of nitrogens with one attached hydrogen (secondary N) is 1. The first-order valence-electron chi connectivity index (χ1n) is 6.38. The molecule has 0 radical (unpaired) electrons. The van der Waals surface area contributed by atoms with E-state index in [4.69, 9.17) is 23.2 Å². The number of benzene rings is 1. The third kappa shape index (κ3) is 3.41. The Morgan fingerprint density at radius 2 is 1.74 bits per heavy atom. The van der Waals surface area contributed by atoms with E-state index in [1.54, 1.807) is 18.2 Å². The molecule has 1 aromatic carbocycles. The topological polar surface area (TPSA) is 32.3 Å². The predicted octanol–water partition coefficient (Wildman–Crippen LogP) is 3.21. The SMILES string of the molecule is CNC1(C)CCN(C(=O)c2cc(Cl)cc(Cl)c2)CC1. The lowest BCUT2D eigenvalue weighted by atomic mass is 9.89. The van der Waals surface area contributed by atoms with E-state index in [-0.39, 0.29) is 11.4 Å². The number of hydrogen-bond donors (Lipinski definition) is 1. The van der Waals surface area contributed by atoms with Crippen LogP contribution in [0.4, 0.5) is 0 Å². The Morgan fingerprint density at radius 1 is 1.21 bits per heavy atom. The van der Waals surface area contributed by atoms with Crippen LogP contribution in [0, 0.1) is 0 Å². The molecule has 1 aliphatic heterocycles. The van der Waals surface area contributed by atoms with Gasteiger partial charge in [-0.1, -0.05) is 23.2 Å². The number of amides is 1. The molecule has 1 fully saturated rings. The summed E-state index contributed by atoms with van der Waals surface area (Å²) in [5.74, 6) is 0.00236. The molecule has 104 valence electrons. The standard InChI is InChI=1S/C14H18Cl2N2O/c1-14(17-2)3-5-18(6-4-14)13(19)10-7-11(15)9-12(16)8-10/h7-9,17H,3-6H2,1-2H3. The van der Waals surface area contributed by atoms with Crippen molar-refractivity contribution in [2.45, 2.75) is 25.3 Å². The van der Waals surface area contributed by atoms with E-state index in [1.807, 2.05) is 11.9 Å². The first kappa shape index (κ1) is 14.6. The molecule has 1 aromatic rings. The van der Waals surface area contributed by atoms with Gasteiger partial charge >= 0.3 is 0 Å². The molecule has 19 heavy (non-hydrogen) atoms. The van der Waals surface area contributed by atoms with Gasteiger partial charge in [-0.15, -0.1) is 0 Å². The third-order valence-corrected chi connectivity index (χ3v) is 4.30. The molecule has 0 bridgehead atoms. The van der Waals surface area contributed by atoms with Gasteiger partial charge in [0.15, 0.2) is 0 Å². The van der Waals surface area contributed by atoms with Gasteiger partial charge in [0, 0.05) is 34.2 Å². The van der Waals surface area contributed by atoms with Crippen molar-refractivity contribution in [2.24, 2.45) is 0 Å². The lowest BCUT2D eigenvalue weighted by Gasteiger charge is -2.39. The van der Waals surface area contributed by atoms with Crippen molar-refractivity contribution in [1.82, 2.24) is 10.2 Å². The van der Waals surface area contributed by atoms with Crippen molar-refractivity contribution >= 4 is 29.1 Å². The van der Waals surface area contributed by atoms with Gasteiger partial charge in [-0.25, -0.2) is 0 Å². The van der Waals surface area contributed by atoms with E-state index < -0.39 is 0 Å². The second-order valence-corrected chi connectivity index (χ2v) is 6.13. The lowest BCUT2D eigenvalue weighted by molar-refractivity contribution is 0.0662. The zero-order chi connectivity index (χ0) is 14.0. The second-order valence-electron chi connectivity index (χ2n) is 5.26. The van der Waals surface area contributed by atoms with Crippen molar-refractivity contribution in [2.75, 3.05) is 20.1 Å². The first-order valence-corrected chi connectivity index (χ1v) is 7.13. The van der Waals surface area contributed by atoms with Crippen LogP contribution in [0.5, 0.6) is 0 Å². The van der Waals surface area contributed by atoms with Crippen LogP contribution in [0.1, 0.15) is 30.1 Å². The van der Waals surface area contributed by atoms with E-state index in [0.717, 1.165) is 25.9 Å². The molecule has 0 spiro atoms. The molecule has 0 unspecified atom stereocenters. The Labute approximate surface area is 123 Å². The van der Waals surface area contributed by atoms with Gasteiger partial charge in [-0.05, 0) is 45.0 Å². The molecule has 1 aliphatic rings. The van der Waals surface area contributed by atoms with Crippen LogP contribution in [-0.4, -0.2) is 36.5 Å². The summed E-state index contributed by atoms with van der Waals surface area (Å²) in [7, 11) is 1.97. The van der Waals surface area contributed by atoms with Crippen LogP contribution < -0.4 is 5.32 Å². The van der Waals surface area contributed by atoms with E-state index >= 15 is 0 Å². The van der Waals surface area contributed by atoms with E-state index in [0.29, 0.717) is 15.6 Å². The number of likely N-dealkylation sites (tertiary alicyclic amines) is 1. The monoisotopic (exact) mass is 300 g/mol. The quantitative estimate of drug-likeness (QED) is 0.909. The molecule has 1 saturated heterocycles. The molecule has 3 nitrogen and oxygen atoms in total. The Morgan fingerprint density at radius 3 is 2.21 bits per heavy atom. The third-order valence-electron chi connectivity index (χ3n) is 3.87. The van der Waals surface area contributed by atoms with Crippen LogP contribution >= 0.6 is 23.2 Å². The highest BCUT2D eigenvalue weighted by Gasteiger charge is 2.30. The number of piperidine rings is 1. The summed E-state index contributed by atoms with van der Waals surface area (Å²) in [6.07, 6.45) is 1.90. The van der Waals surface area contributed by atoms with E-state index in [2.05, 4.69) is 12.2 Å².